The van der Waals surface area contributed by atoms with Crippen molar-refractivity contribution < 1.29 is 9.59 Å². The summed E-state index contributed by atoms with van der Waals surface area (Å²) in [6.07, 6.45) is 0. The van der Waals surface area contributed by atoms with Crippen molar-refractivity contribution in [2.24, 2.45) is 0 Å². The average molecular weight is 224 g/mol. The van der Waals surface area contributed by atoms with Gasteiger partial charge in [0.25, 0.3) is 11.8 Å². The van der Waals surface area contributed by atoms with Gasteiger partial charge in [-0.25, -0.2) is 0 Å². The quantitative estimate of drug-likeness (QED) is 0.782. The molecule has 78 valence electrons. The molecule has 1 aromatic carbocycles. The van der Waals surface area contributed by atoms with Crippen molar-refractivity contribution in [2.45, 2.75) is 6.92 Å². The highest BCUT2D eigenvalue weighted by molar-refractivity contribution is 6.30. The van der Waals surface area contributed by atoms with Crippen molar-refractivity contribution >= 4 is 23.4 Å². The van der Waals surface area contributed by atoms with E-state index >= 15 is 0 Å². The Morgan fingerprint density at radius 2 is 1.80 bits per heavy atom. The molecule has 0 saturated heterocycles. The van der Waals surface area contributed by atoms with Gasteiger partial charge in [0.1, 0.15) is 0 Å². The summed E-state index contributed by atoms with van der Waals surface area (Å²) in [6, 6.07) is 6.26. The van der Waals surface area contributed by atoms with Crippen LogP contribution in [0.4, 0.5) is 0 Å². The summed E-state index contributed by atoms with van der Waals surface area (Å²) in [5, 5.41) is 2.73. The molecule has 0 aliphatic rings. The predicted molar refractivity (Wildman–Crippen MR) is 58.7 cm³/mol. The molecule has 0 fully saturated rings. The maximum absolute atomic E-state index is 11.5. The lowest BCUT2D eigenvalue weighted by atomic mass is 10.2. The van der Waals surface area contributed by atoms with Gasteiger partial charge in [0.2, 0.25) is 0 Å². The third kappa shape index (κ3) is 3.22. The van der Waals surface area contributed by atoms with E-state index in [1.165, 1.54) is 6.92 Å². The van der Waals surface area contributed by atoms with E-state index in [1.54, 1.807) is 24.3 Å². The largest absolute Gasteiger partial charge is 0.288 e. The average Bonchev–Trinajstić information content (AvgIpc) is 2.18. The van der Waals surface area contributed by atoms with E-state index in [-0.39, 0.29) is 5.57 Å². The summed E-state index contributed by atoms with van der Waals surface area (Å²) in [7, 11) is 0. The number of benzene rings is 1. The van der Waals surface area contributed by atoms with Gasteiger partial charge in [-0.1, -0.05) is 18.2 Å². The number of hydrogen-bond acceptors (Lipinski definition) is 2. The third-order valence-corrected chi connectivity index (χ3v) is 1.97. The van der Waals surface area contributed by atoms with Crippen LogP contribution in [0.15, 0.2) is 36.4 Å². The Morgan fingerprint density at radius 1 is 1.27 bits per heavy atom. The normalized spacial score (nSPS) is 9.47. The van der Waals surface area contributed by atoms with Gasteiger partial charge in [-0.05, 0) is 31.2 Å². The Labute approximate surface area is 92.7 Å². The zero-order chi connectivity index (χ0) is 11.4. The second-order valence-electron chi connectivity index (χ2n) is 3.07. The highest BCUT2D eigenvalue weighted by atomic mass is 35.5. The molecule has 1 rings (SSSR count). The van der Waals surface area contributed by atoms with Crippen molar-refractivity contribution in [2.75, 3.05) is 0 Å². The number of hydrogen-bond donors (Lipinski definition) is 1. The summed E-state index contributed by atoms with van der Waals surface area (Å²) in [6.45, 7) is 4.96. The number of carbonyl (C=O) groups is 2. The topological polar surface area (TPSA) is 46.2 Å². The zero-order valence-corrected chi connectivity index (χ0v) is 8.97. The minimum absolute atomic E-state index is 0.289. The fourth-order valence-electron chi connectivity index (χ4n) is 0.883. The predicted octanol–water partition coefficient (Wildman–Crippen LogP) is 2.17. The molecule has 0 heterocycles. The molecule has 0 saturated carbocycles. The maximum Gasteiger partial charge on any atom is 0.258 e. The molecule has 0 aliphatic heterocycles. The fraction of sp³-hybridized carbons (Fsp3) is 0.0909. The van der Waals surface area contributed by atoms with Crippen LogP contribution in [0.5, 0.6) is 0 Å². The monoisotopic (exact) mass is 223 g/mol. The minimum atomic E-state index is -0.477. The molecule has 0 radical (unpaired) electrons. The van der Waals surface area contributed by atoms with Gasteiger partial charge < -0.3 is 0 Å². The number of halogens is 1. The lowest BCUT2D eigenvalue weighted by Gasteiger charge is -2.03. The molecule has 15 heavy (non-hydrogen) atoms. The molecular weight excluding hydrogens is 214 g/mol. The molecular formula is C11H10ClNO2. The van der Waals surface area contributed by atoms with Crippen LogP contribution in [-0.4, -0.2) is 11.8 Å². The summed E-state index contributed by atoms with van der Waals surface area (Å²) in [4.78, 5) is 22.6. The van der Waals surface area contributed by atoms with Crippen molar-refractivity contribution in [3.8, 4) is 0 Å². The van der Waals surface area contributed by atoms with Crippen LogP contribution >= 0.6 is 11.6 Å². The maximum atomic E-state index is 11.5. The number of amides is 2. The number of imide groups is 1. The van der Waals surface area contributed by atoms with E-state index in [9.17, 15) is 9.59 Å². The van der Waals surface area contributed by atoms with Crippen LogP contribution in [0.25, 0.3) is 0 Å². The molecule has 3 nitrogen and oxygen atoms in total. The molecule has 0 atom stereocenters. The SMILES string of the molecule is C=C(C)C(=O)NC(=O)c1ccc(Cl)cc1. The van der Waals surface area contributed by atoms with Gasteiger partial charge in [0.15, 0.2) is 0 Å². The van der Waals surface area contributed by atoms with Gasteiger partial charge in [-0.15, -0.1) is 0 Å². The van der Waals surface area contributed by atoms with Crippen LogP contribution in [0.1, 0.15) is 17.3 Å². The third-order valence-electron chi connectivity index (χ3n) is 1.72. The Bertz CT molecular complexity index is 409. The van der Waals surface area contributed by atoms with Gasteiger partial charge in [0, 0.05) is 16.2 Å². The first-order valence-corrected chi connectivity index (χ1v) is 4.65. The first-order valence-electron chi connectivity index (χ1n) is 4.27. The van der Waals surface area contributed by atoms with Gasteiger partial charge in [-0.2, -0.15) is 0 Å². The highest BCUT2D eigenvalue weighted by Gasteiger charge is 2.09. The second kappa shape index (κ2) is 4.75. The second-order valence-corrected chi connectivity index (χ2v) is 3.51. The highest BCUT2D eigenvalue weighted by Crippen LogP contribution is 2.09. The van der Waals surface area contributed by atoms with Crippen molar-refractivity contribution in [3.05, 3.63) is 47.0 Å². The fourth-order valence-corrected chi connectivity index (χ4v) is 1.01. The molecule has 0 unspecified atom stereocenters. The van der Waals surface area contributed by atoms with E-state index in [2.05, 4.69) is 11.9 Å². The standard InChI is InChI=1S/C11H10ClNO2/c1-7(2)10(14)13-11(15)8-3-5-9(12)6-4-8/h3-6H,1H2,2H3,(H,13,14,15). The Balaban J connectivity index is 2.74. The molecule has 2 amide bonds. The van der Waals surface area contributed by atoms with Gasteiger partial charge >= 0.3 is 0 Å². The molecule has 4 heteroatoms. The van der Waals surface area contributed by atoms with Crippen LogP contribution in [0.2, 0.25) is 5.02 Å². The van der Waals surface area contributed by atoms with Crippen LogP contribution in [-0.2, 0) is 4.79 Å². The summed E-state index contributed by atoms with van der Waals surface area (Å²) in [5.41, 5.74) is 0.673. The number of rotatable bonds is 2. The van der Waals surface area contributed by atoms with Crippen molar-refractivity contribution in [1.29, 1.82) is 0 Å². The molecule has 0 spiro atoms. The lowest BCUT2D eigenvalue weighted by Crippen LogP contribution is -2.30. The van der Waals surface area contributed by atoms with E-state index in [4.69, 9.17) is 11.6 Å². The Hall–Kier alpha value is -1.61. The van der Waals surface area contributed by atoms with Crippen LogP contribution in [0.3, 0.4) is 0 Å². The smallest absolute Gasteiger partial charge is 0.258 e. The van der Waals surface area contributed by atoms with Crippen LogP contribution < -0.4 is 5.32 Å². The number of nitrogens with one attached hydrogen (secondary N) is 1. The van der Waals surface area contributed by atoms with Gasteiger partial charge in [0.05, 0.1) is 0 Å². The van der Waals surface area contributed by atoms with E-state index in [1.807, 2.05) is 0 Å². The Morgan fingerprint density at radius 3 is 2.27 bits per heavy atom. The van der Waals surface area contributed by atoms with E-state index < -0.39 is 11.8 Å². The van der Waals surface area contributed by atoms with Gasteiger partial charge in [-0.3, -0.25) is 14.9 Å². The minimum Gasteiger partial charge on any atom is -0.288 e. The number of carbonyl (C=O) groups excluding carboxylic acids is 2. The first kappa shape index (κ1) is 11.5. The molecule has 1 N–H and O–H groups in total. The van der Waals surface area contributed by atoms with Crippen molar-refractivity contribution in [1.82, 2.24) is 5.32 Å². The summed E-state index contributed by atoms with van der Waals surface area (Å²) in [5.74, 6) is -0.936. The Kier molecular flexibility index (Phi) is 3.63. The first-order chi connectivity index (χ1) is 7.00. The zero-order valence-electron chi connectivity index (χ0n) is 8.21. The van der Waals surface area contributed by atoms with E-state index in [0.29, 0.717) is 10.6 Å². The summed E-state index contributed by atoms with van der Waals surface area (Å²) >= 11 is 5.66. The molecule has 0 aliphatic carbocycles. The molecule has 0 bridgehead atoms. The lowest BCUT2D eigenvalue weighted by molar-refractivity contribution is -0.116. The summed E-state index contributed by atoms with van der Waals surface area (Å²) < 4.78 is 0. The van der Waals surface area contributed by atoms with Crippen LogP contribution in [0, 0.1) is 0 Å². The van der Waals surface area contributed by atoms with Crippen molar-refractivity contribution in [3.63, 3.8) is 0 Å². The van der Waals surface area contributed by atoms with E-state index in [0.717, 1.165) is 0 Å². The molecule has 0 aromatic heterocycles. The molecule has 1 aromatic rings.